The Morgan fingerprint density at radius 1 is 1.75 bits per heavy atom. The molecule has 1 rings (SSSR count). The van der Waals surface area contributed by atoms with Gasteiger partial charge in [-0.1, -0.05) is 0 Å². The number of carbonyl (C=O) groups excluding carboxylic acids is 1. The zero-order valence-corrected chi connectivity index (χ0v) is 5.41. The predicted octanol–water partition coefficient (Wildman–Crippen LogP) is 0.0954. The molecule has 0 radical (unpaired) electrons. The number of nitrogens with one attached hydrogen (secondary N) is 1. The molecule has 1 fully saturated rings. The normalized spacial score (nSPS) is 19.5. The SMILES string of the molecule is O=CNCC1CSC1. The molecule has 0 aromatic rings. The van der Waals surface area contributed by atoms with E-state index in [1.807, 2.05) is 11.8 Å². The molecule has 3 heteroatoms. The summed E-state index contributed by atoms with van der Waals surface area (Å²) in [7, 11) is 0. The molecule has 0 unspecified atom stereocenters. The van der Waals surface area contributed by atoms with Gasteiger partial charge in [-0.3, -0.25) is 4.79 Å². The molecule has 0 bridgehead atoms. The van der Waals surface area contributed by atoms with Crippen molar-refractivity contribution in [3.63, 3.8) is 0 Å². The number of hydrogen-bond acceptors (Lipinski definition) is 2. The third-order valence-electron chi connectivity index (χ3n) is 1.20. The number of thioether (sulfide) groups is 1. The first-order valence-electron chi connectivity index (χ1n) is 2.68. The average molecular weight is 131 g/mol. The Morgan fingerprint density at radius 2 is 2.50 bits per heavy atom. The van der Waals surface area contributed by atoms with Crippen molar-refractivity contribution < 1.29 is 4.79 Å². The maximum absolute atomic E-state index is 9.73. The predicted molar refractivity (Wildman–Crippen MR) is 34.9 cm³/mol. The Balaban J connectivity index is 1.93. The summed E-state index contributed by atoms with van der Waals surface area (Å²) in [5.41, 5.74) is 0. The highest BCUT2D eigenvalue weighted by Gasteiger charge is 2.16. The van der Waals surface area contributed by atoms with E-state index in [-0.39, 0.29) is 0 Å². The highest BCUT2D eigenvalue weighted by molar-refractivity contribution is 8.00. The molecule has 1 amide bonds. The van der Waals surface area contributed by atoms with Crippen molar-refractivity contribution in [1.29, 1.82) is 0 Å². The van der Waals surface area contributed by atoms with Crippen LogP contribution in [0.5, 0.6) is 0 Å². The van der Waals surface area contributed by atoms with Gasteiger partial charge in [-0.25, -0.2) is 0 Å². The zero-order valence-electron chi connectivity index (χ0n) is 4.59. The Kier molecular flexibility index (Phi) is 2.21. The molecular weight excluding hydrogens is 122 g/mol. The lowest BCUT2D eigenvalue weighted by Gasteiger charge is -2.23. The van der Waals surface area contributed by atoms with E-state index in [4.69, 9.17) is 0 Å². The van der Waals surface area contributed by atoms with Gasteiger partial charge in [0.15, 0.2) is 0 Å². The van der Waals surface area contributed by atoms with Gasteiger partial charge >= 0.3 is 0 Å². The minimum absolute atomic E-state index is 0.755. The molecule has 1 saturated heterocycles. The van der Waals surface area contributed by atoms with Crippen LogP contribution in [-0.2, 0) is 4.79 Å². The van der Waals surface area contributed by atoms with E-state index in [0.717, 1.165) is 18.9 Å². The molecular formula is C5H9NOS. The van der Waals surface area contributed by atoms with Gasteiger partial charge in [-0.2, -0.15) is 11.8 Å². The monoisotopic (exact) mass is 131 g/mol. The maximum Gasteiger partial charge on any atom is 0.207 e. The van der Waals surface area contributed by atoms with E-state index in [1.54, 1.807) is 0 Å². The number of hydrogen-bond donors (Lipinski definition) is 1. The lowest BCUT2D eigenvalue weighted by atomic mass is 10.2. The van der Waals surface area contributed by atoms with Crippen LogP contribution in [0.2, 0.25) is 0 Å². The van der Waals surface area contributed by atoms with Gasteiger partial charge in [0.05, 0.1) is 0 Å². The van der Waals surface area contributed by atoms with Crippen LogP contribution in [0.1, 0.15) is 0 Å². The average Bonchev–Trinajstić information content (AvgIpc) is 1.63. The summed E-state index contributed by atoms with van der Waals surface area (Å²) in [6, 6.07) is 0. The molecule has 1 N–H and O–H groups in total. The molecule has 0 atom stereocenters. The molecule has 0 saturated carbocycles. The van der Waals surface area contributed by atoms with Crippen molar-refractivity contribution >= 4 is 18.2 Å². The van der Waals surface area contributed by atoms with E-state index < -0.39 is 0 Å². The zero-order chi connectivity index (χ0) is 5.82. The molecule has 0 spiro atoms. The van der Waals surface area contributed by atoms with Crippen molar-refractivity contribution in [3.05, 3.63) is 0 Å². The summed E-state index contributed by atoms with van der Waals surface area (Å²) >= 11 is 1.94. The van der Waals surface area contributed by atoms with Gasteiger partial charge in [-0.15, -0.1) is 0 Å². The number of carbonyl (C=O) groups is 1. The van der Waals surface area contributed by atoms with E-state index in [9.17, 15) is 4.79 Å². The van der Waals surface area contributed by atoms with Gasteiger partial charge in [-0.05, 0) is 17.4 Å². The Morgan fingerprint density at radius 3 is 2.88 bits per heavy atom. The topological polar surface area (TPSA) is 29.1 Å². The van der Waals surface area contributed by atoms with Gasteiger partial charge in [0.25, 0.3) is 0 Å². The van der Waals surface area contributed by atoms with Crippen molar-refractivity contribution in [2.75, 3.05) is 18.1 Å². The molecule has 46 valence electrons. The van der Waals surface area contributed by atoms with Gasteiger partial charge in [0.2, 0.25) is 6.41 Å². The largest absolute Gasteiger partial charge is 0.358 e. The fraction of sp³-hybridized carbons (Fsp3) is 0.800. The van der Waals surface area contributed by atoms with Crippen LogP contribution in [0.4, 0.5) is 0 Å². The van der Waals surface area contributed by atoms with Crippen molar-refractivity contribution in [2.45, 2.75) is 0 Å². The molecule has 0 aliphatic carbocycles. The lowest BCUT2D eigenvalue weighted by Crippen LogP contribution is -2.30. The first-order valence-corrected chi connectivity index (χ1v) is 3.83. The van der Waals surface area contributed by atoms with Crippen LogP contribution in [0.25, 0.3) is 0 Å². The molecule has 1 aliphatic rings. The standard InChI is InChI=1S/C5H9NOS/c7-4-6-1-5-2-8-3-5/h4-5H,1-3H2,(H,6,7). The second kappa shape index (κ2) is 2.97. The van der Waals surface area contributed by atoms with Crippen LogP contribution in [0, 0.1) is 5.92 Å². The third-order valence-corrected chi connectivity index (χ3v) is 2.61. The van der Waals surface area contributed by atoms with Crippen LogP contribution in [-0.4, -0.2) is 24.5 Å². The highest BCUT2D eigenvalue weighted by Crippen LogP contribution is 2.23. The third kappa shape index (κ3) is 1.40. The van der Waals surface area contributed by atoms with Gasteiger partial charge in [0.1, 0.15) is 0 Å². The Labute approximate surface area is 53.0 Å². The fourth-order valence-electron chi connectivity index (χ4n) is 0.617. The van der Waals surface area contributed by atoms with Crippen LogP contribution >= 0.6 is 11.8 Å². The van der Waals surface area contributed by atoms with Crippen molar-refractivity contribution in [3.8, 4) is 0 Å². The summed E-state index contributed by atoms with van der Waals surface area (Å²) in [6.45, 7) is 0.872. The summed E-state index contributed by atoms with van der Waals surface area (Å²) in [4.78, 5) is 9.73. The summed E-state index contributed by atoms with van der Waals surface area (Å²) < 4.78 is 0. The minimum atomic E-state index is 0.755. The first-order chi connectivity index (χ1) is 3.93. The molecule has 1 aliphatic heterocycles. The van der Waals surface area contributed by atoms with Crippen LogP contribution in [0.3, 0.4) is 0 Å². The number of amides is 1. The highest BCUT2D eigenvalue weighted by atomic mass is 32.2. The summed E-state index contributed by atoms with van der Waals surface area (Å²) in [5.74, 6) is 3.20. The minimum Gasteiger partial charge on any atom is -0.358 e. The summed E-state index contributed by atoms with van der Waals surface area (Å²) in [5, 5.41) is 2.66. The molecule has 0 aromatic carbocycles. The van der Waals surface area contributed by atoms with E-state index in [2.05, 4.69) is 5.32 Å². The van der Waals surface area contributed by atoms with Crippen LogP contribution in [0.15, 0.2) is 0 Å². The quantitative estimate of drug-likeness (QED) is 0.550. The molecule has 1 heterocycles. The molecule has 2 nitrogen and oxygen atoms in total. The molecule has 0 aromatic heterocycles. The Hall–Kier alpha value is -0.180. The van der Waals surface area contributed by atoms with Crippen LogP contribution < -0.4 is 5.32 Å². The van der Waals surface area contributed by atoms with Gasteiger partial charge < -0.3 is 5.32 Å². The fourth-order valence-corrected chi connectivity index (χ4v) is 1.42. The second-order valence-electron chi connectivity index (χ2n) is 1.93. The summed E-state index contributed by atoms with van der Waals surface area (Å²) in [6.07, 6.45) is 0.767. The van der Waals surface area contributed by atoms with E-state index in [0.29, 0.717) is 0 Å². The maximum atomic E-state index is 9.73. The number of rotatable bonds is 3. The van der Waals surface area contributed by atoms with E-state index in [1.165, 1.54) is 11.5 Å². The van der Waals surface area contributed by atoms with Gasteiger partial charge in [0, 0.05) is 6.54 Å². The van der Waals surface area contributed by atoms with Crippen molar-refractivity contribution in [1.82, 2.24) is 5.32 Å². The van der Waals surface area contributed by atoms with Crippen molar-refractivity contribution in [2.24, 2.45) is 5.92 Å². The smallest absolute Gasteiger partial charge is 0.207 e. The lowest BCUT2D eigenvalue weighted by molar-refractivity contribution is -0.109. The molecule has 8 heavy (non-hydrogen) atoms. The van der Waals surface area contributed by atoms with E-state index >= 15 is 0 Å². The first kappa shape index (κ1) is 5.95. The second-order valence-corrected chi connectivity index (χ2v) is 3.00. The Bertz CT molecular complexity index is 82.5.